The predicted octanol–water partition coefficient (Wildman–Crippen LogP) is -13.5. The van der Waals surface area contributed by atoms with Crippen LogP contribution in [0.15, 0.2) is 35.3 Å². The summed E-state index contributed by atoms with van der Waals surface area (Å²) in [5.74, 6) is -12.0. The molecule has 2 aromatic heterocycles. The molecule has 0 fully saturated rings. The standard InChI is InChI=1S/C46H70N12O25S/c1-15(50-39(76)16-3-5-17(6-4-16)48-8-18-9-49-38-29(51-18)44(81)58-46(47)57-38)2-7-24(67)53-25(34(72)30(68)20(63)10-59)41(78)55-27(36(74)32(70)22(65)12-61)43(80)56-28(37(75)33(71)23(66)13-62)42(79)54-26(35(73)31(69)21(64)11-60)40(77)52-19(14-84)45(82)83/h3-6,9,15,19-23,25-28,30-37,48,59-66,68-75,84H,2,7-8,10-14H2,1H3,(H,50,76)(H,52,77)(H,53,67)(H,54,79)(H,55,78)(H,56,80)(H,82,83)(H3,47,49,57,58,81)/t15-,19+,20-,21+,22+,23-,25+,26-,27+,28+,30-,31+,32+,33-,34-,35+,36+,37-/m1/s1. The van der Waals surface area contributed by atoms with Crippen LogP contribution in [0.5, 0.6) is 0 Å². The van der Waals surface area contributed by atoms with Gasteiger partial charge in [-0.1, -0.05) is 0 Å². The van der Waals surface area contributed by atoms with Crippen LogP contribution in [0.4, 0.5) is 11.6 Å². The Hall–Kier alpha value is -6.96. The van der Waals surface area contributed by atoms with E-state index in [4.69, 9.17) is 5.73 Å². The first kappa shape index (κ1) is 71.3. The Bertz CT molecular complexity index is 2740. The lowest BCUT2D eigenvalue weighted by molar-refractivity contribution is -0.150. The molecule has 3 aromatic rings. The van der Waals surface area contributed by atoms with E-state index in [-0.39, 0.29) is 35.6 Å². The number of thiol groups is 1. The van der Waals surface area contributed by atoms with Gasteiger partial charge in [0.25, 0.3) is 11.5 Å². The Morgan fingerprint density at radius 3 is 1.38 bits per heavy atom. The molecule has 38 heteroatoms. The van der Waals surface area contributed by atoms with Gasteiger partial charge in [0.1, 0.15) is 103 Å². The topological polar surface area (TPSA) is 645 Å². The van der Waals surface area contributed by atoms with Crippen molar-refractivity contribution < 1.29 is 120 Å². The van der Waals surface area contributed by atoms with Gasteiger partial charge in [-0.05, 0) is 37.6 Å². The highest BCUT2D eigenvalue weighted by Crippen LogP contribution is 2.16. The first-order valence-corrected chi connectivity index (χ1v) is 25.7. The molecule has 0 radical (unpaired) electrons. The van der Waals surface area contributed by atoms with Crippen molar-refractivity contribution in [2.24, 2.45) is 0 Å². The van der Waals surface area contributed by atoms with Crippen molar-refractivity contribution in [3.63, 3.8) is 0 Å². The number of nitrogens with two attached hydrogens (primary N) is 1. The van der Waals surface area contributed by atoms with E-state index >= 15 is 0 Å². The first-order chi connectivity index (χ1) is 39.5. The minimum absolute atomic E-state index is 0.0345. The summed E-state index contributed by atoms with van der Waals surface area (Å²) in [6.07, 6.45) is -30.7. The number of benzene rings is 1. The molecule has 0 aliphatic rings. The normalized spacial score (nSPS) is 18.1. The summed E-state index contributed by atoms with van der Waals surface area (Å²) in [6, 6.07) is -7.91. The number of nitrogens with one attached hydrogen (secondary N) is 8. The van der Waals surface area contributed by atoms with E-state index in [0.717, 1.165) is 0 Å². The molecule has 0 aliphatic carbocycles. The lowest BCUT2D eigenvalue weighted by Gasteiger charge is -2.35. The number of aliphatic carboxylic acids is 1. The molecule has 27 N–H and O–H groups in total. The molecule has 0 unspecified atom stereocenters. The van der Waals surface area contributed by atoms with Crippen LogP contribution in [0.1, 0.15) is 35.8 Å². The van der Waals surface area contributed by atoms with Crippen LogP contribution in [-0.2, 0) is 35.3 Å². The number of hydrogen-bond acceptors (Lipinski definition) is 30. The number of aliphatic hydroxyl groups excluding tert-OH is 16. The average molecular weight is 1220 g/mol. The Morgan fingerprint density at radius 1 is 0.583 bits per heavy atom. The number of aromatic amines is 1. The van der Waals surface area contributed by atoms with Crippen molar-refractivity contribution in [1.29, 1.82) is 0 Å². The molecule has 6 amide bonds. The number of fused-ring (bicyclic) bond motifs is 1. The summed E-state index contributed by atoms with van der Waals surface area (Å²) in [7, 11) is 0. The number of nitrogen functional groups attached to an aromatic ring is 1. The smallest absolute Gasteiger partial charge is 0.327 e. The second-order valence-corrected chi connectivity index (χ2v) is 19.2. The second kappa shape index (κ2) is 33.5. The number of rotatable bonds is 35. The van der Waals surface area contributed by atoms with Crippen LogP contribution < -0.4 is 48.5 Å². The van der Waals surface area contributed by atoms with Crippen LogP contribution in [0.2, 0.25) is 0 Å². The summed E-state index contributed by atoms with van der Waals surface area (Å²) in [5.41, 5.74) is 5.92. The summed E-state index contributed by atoms with van der Waals surface area (Å²) in [6.45, 7) is -3.83. The van der Waals surface area contributed by atoms with Gasteiger partial charge in [0, 0.05) is 29.5 Å². The van der Waals surface area contributed by atoms with E-state index in [2.05, 4.69) is 43.2 Å². The van der Waals surface area contributed by atoms with Gasteiger partial charge in [0.05, 0.1) is 44.9 Å². The third-order valence-corrected chi connectivity index (χ3v) is 12.9. The highest BCUT2D eigenvalue weighted by Gasteiger charge is 2.46. The fourth-order valence-electron chi connectivity index (χ4n) is 7.49. The van der Waals surface area contributed by atoms with Gasteiger partial charge in [-0.3, -0.25) is 38.5 Å². The highest BCUT2D eigenvalue weighted by atomic mass is 32.1. The second-order valence-electron chi connectivity index (χ2n) is 18.8. The molecular formula is C46H70N12O25S. The van der Waals surface area contributed by atoms with Crippen LogP contribution in [0.25, 0.3) is 11.2 Å². The largest absolute Gasteiger partial charge is 0.480 e. The predicted molar refractivity (Wildman–Crippen MR) is 284 cm³/mol. The number of amides is 6. The maximum Gasteiger partial charge on any atom is 0.327 e. The van der Waals surface area contributed by atoms with Gasteiger partial charge in [-0.15, -0.1) is 0 Å². The Labute approximate surface area is 479 Å². The molecule has 2 heterocycles. The molecule has 0 saturated carbocycles. The molecule has 3 rings (SSSR count). The van der Waals surface area contributed by atoms with E-state index in [1.807, 2.05) is 5.32 Å². The zero-order chi connectivity index (χ0) is 63.4. The summed E-state index contributed by atoms with van der Waals surface area (Å²) in [5, 5.41) is 189. The van der Waals surface area contributed by atoms with Crippen molar-refractivity contribution in [3.05, 3.63) is 52.1 Å². The lowest BCUT2D eigenvalue weighted by Crippen LogP contribution is -2.68. The quantitative estimate of drug-likeness (QED) is 0.0243. The van der Waals surface area contributed by atoms with Crippen LogP contribution >= 0.6 is 12.6 Å². The van der Waals surface area contributed by atoms with Crippen molar-refractivity contribution in [1.82, 2.24) is 51.8 Å². The molecule has 1 aromatic carbocycles. The fraction of sp³-hybridized carbons (Fsp3) is 0.587. The number of anilines is 2. The van der Waals surface area contributed by atoms with Gasteiger partial charge < -0.3 is 130 Å². The number of H-pyrrole nitrogens is 1. The Kier molecular flexibility index (Phi) is 28.4. The summed E-state index contributed by atoms with van der Waals surface area (Å²) < 4.78 is 0. The number of carbonyl (C=O) groups excluding carboxylic acids is 6. The third kappa shape index (κ3) is 19.8. The van der Waals surface area contributed by atoms with Gasteiger partial charge >= 0.3 is 5.97 Å². The SMILES string of the molecule is C[C@H](CCC(=O)N[C@H](C(=O)N[C@H](C(=O)N[C@H](C(=O)N[C@@H](C(=O)N[C@@H](CS)C(=O)O)[C@H](O)[C@@H](O)[C@@H](O)CO)[C@@H](O)[C@H](O)[C@H](O)CO)[C@H](O)[C@@H](O)[C@@H](O)CO)[C@@H](O)[C@H](O)[C@H](O)CO)NC(=O)c1ccc(NCc2cnc3nc(N)[nH]c(=O)c3n2)cc1. The Balaban J connectivity index is 1.92. The highest BCUT2D eigenvalue weighted by molar-refractivity contribution is 7.80. The molecule has 0 saturated heterocycles. The van der Waals surface area contributed by atoms with Crippen molar-refractivity contribution in [2.75, 3.05) is 43.2 Å². The first-order valence-electron chi connectivity index (χ1n) is 25.1. The van der Waals surface area contributed by atoms with E-state index < -0.39 is 195 Å². The molecule has 18 atom stereocenters. The van der Waals surface area contributed by atoms with E-state index in [1.54, 1.807) is 21.3 Å². The number of aliphatic hydroxyl groups is 16. The lowest BCUT2D eigenvalue weighted by atomic mass is 9.95. The van der Waals surface area contributed by atoms with Gasteiger partial charge in [0.15, 0.2) is 11.2 Å². The molecule has 37 nitrogen and oxygen atoms in total. The van der Waals surface area contributed by atoms with Crippen LogP contribution in [0, 0.1) is 0 Å². The van der Waals surface area contributed by atoms with Crippen molar-refractivity contribution >= 4 is 76.8 Å². The minimum atomic E-state index is -2.92. The molecule has 0 bridgehead atoms. The van der Waals surface area contributed by atoms with Crippen molar-refractivity contribution in [2.45, 2.75) is 136 Å². The monoisotopic (exact) mass is 1220 g/mol. The Morgan fingerprint density at radius 2 is 0.988 bits per heavy atom. The number of nitrogens with zero attached hydrogens (tertiary/aromatic N) is 3. The number of hydrogen-bond donors (Lipinski definition) is 27. The van der Waals surface area contributed by atoms with Crippen molar-refractivity contribution in [3.8, 4) is 0 Å². The minimum Gasteiger partial charge on any atom is -0.480 e. The number of carboxylic acids is 1. The van der Waals surface area contributed by atoms with Crippen LogP contribution in [-0.4, -0.2) is 290 Å². The van der Waals surface area contributed by atoms with E-state index in [0.29, 0.717) is 11.4 Å². The number of carboxylic acid groups (broad SMARTS) is 1. The maximum absolute atomic E-state index is 14.2. The van der Waals surface area contributed by atoms with E-state index in [9.17, 15) is 125 Å². The van der Waals surface area contributed by atoms with Crippen LogP contribution in [0.3, 0.4) is 0 Å². The third-order valence-electron chi connectivity index (χ3n) is 12.5. The van der Waals surface area contributed by atoms with Gasteiger partial charge in [0.2, 0.25) is 35.5 Å². The maximum atomic E-state index is 14.2. The number of carbonyl (C=O) groups is 7. The average Bonchev–Trinajstić information content (AvgIpc) is 2.92. The molecular weight excluding hydrogens is 1150 g/mol. The van der Waals surface area contributed by atoms with E-state index in [1.165, 1.54) is 37.4 Å². The van der Waals surface area contributed by atoms with Gasteiger partial charge in [-0.2, -0.15) is 17.6 Å². The zero-order valence-corrected chi connectivity index (χ0v) is 45.1. The van der Waals surface area contributed by atoms with Gasteiger partial charge in [-0.25, -0.2) is 14.8 Å². The molecule has 84 heavy (non-hydrogen) atoms. The molecule has 470 valence electrons. The summed E-state index contributed by atoms with van der Waals surface area (Å²) in [4.78, 5) is 121. The zero-order valence-electron chi connectivity index (χ0n) is 44.2. The summed E-state index contributed by atoms with van der Waals surface area (Å²) >= 11 is 3.76. The molecule has 0 spiro atoms. The fourth-order valence-corrected chi connectivity index (χ4v) is 7.74. The number of aromatic nitrogens is 4. The molecule has 0 aliphatic heterocycles.